The van der Waals surface area contributed by atoms with Crippen LogP contribution in [0.1, 0.15) is 44.5 Å². The van der Waals surface area contributed by atoms with E-state index in [2.05, 4.69) is 15.6 Å². The molecule has 0 amide bonds. The lowest BCUT2D eigenvalue weighted by Gasteiger charge is -2.31. The first-order valence-electron chi connectivity index (χ1n) is 8.23. The average molecular weight is 475 g/mol. The lowest BCUT2D eigenvalue weighted by molar-refractivity contribution is -0.182. The van der Waals surface area contributed by atoms with E-state index in [0.717, 1.165) is 0 Å². The molecule has 3 N–H and O–H groups in total. The molecule has 0 spiro atoms. The molecule has 1 heterocycles. The number of rotatable bonds is 5. The third-order valence-corrected chi connectivity index (χ3v) is 4.17. The van der Waals surface area contributed by atoms with Crippen LogP contribution in [0.3, 0.4) is 0 Å². The van der Waals surface area contributed by atoms with Gasteiger partial charge in [0.2, 0.25) is 0 Å². The van der Waals surface area contributed by atoms with Gasteiger partial charge in [0.15, 0.2) is 5.96 Å². The van der Waals surface area contributed by atoms with Gasteiger partial charge >= 0.3 is 6.18 Å². The van der Waals surface area contributed by atoms with Crippen LogP contribution in [-0.4, -0.2) is 36.4 Å². The van der Waals surface area contributed by atoms with E-state index >= 15 is 0 Å². The maximum absolute atomic E-state index is 12.7. The fourth-order valence-electron chi connectivity index (χ4n) is 2.83. The van der Waals surface area contributed by atoms with Gasteiger partial charge in [0.1, 0.15) is 11.9 Å². The van der Waals surface area contributed by atoms with Gasteiger partial charge in [0, 0.05) is 12.6 Å². The van der Waals surface area contributed by atoms with Gasteiger partial charge in [0.25, 0.3) is 0 Å². The van der Waals surface area contributed by atoms with E-state index in [0.29, 0.717) is 31.1 Å². The summed E-state index contributed by atoms with van der Waals surface area (Å²) in [5, 5.41) is 16.2. The first-order chi connectivity index (χ1) is 11.4. The second-order valence-corrected chi connectivity index (χ2v) is 5.99. The van der Waals surface area contributed by atoms with E-state index in [1.54, 1.807) is 12.1 Å². The molecule has 0 saturated heterocycles. The molecule has 1 fully saturated rings. The van der Waals surface area contributed by atoms with E-state index in [4.69, 9.17) is 4.42 Å². The Morgan fingerprint density at radius 1 is 1.36 bits per heavy atom. The summed E-state index contributed by atoms with van der Waals surface area (Å²) in [7, 11) is 0. The largest absolute Gasteiger partial charge is 0.467 e. The van der Waals surface area contributed by atoms with Crippen molar-refractivity contribution in [3.05, 3.63) is 24.2 Å². The topological polar surface area (TPSA) is 69.8 Å². The number of aliphatic imine (C=N–C) groups is 1. The van der Waals surface area contributed by atoms with Gasteiger partial charge in [-0.15, -0.1) is 24.0 Å². The summed E-state index contributed by atoms with van der Waals surface area (Å²) in [5.74, 6) is -0.269. The molecule has 1 aromatic rings. The highest BCUT2D eigenvalue weighted by atomic mass is 127. The number of hydrogen-bond donors (Lipinski definition) is 3. The number of furan rings is 1. The summed E-state index contributed by atoms with van der Waals surface area (Å²) in [4.78, 5) is 4.29. The molecule has 1 aliphatic carbocycles. The van der Waals surface area contributed by atoms with Crippen LogP contribution in [0.2, 0.25) is 0 Å². The first-order valence-corrected chi connectivity index (χ1v) is 8.23. The highest BCUT2D eigenvalue weighted by molar-refractivity contribution is 14.0. The molecule has 2 rings (SSSR count). The Morgan fingerprint density at radius 2 is 2.04 bits per heavy atom. The van der Waals surface area contributed by atoms with E-state index in [1.165, 1.54) is 6.26 Å². The van der Waals surface area contributed by atoms with Crippen molar-refractivity contribution < 1.29 is 22.7 Å². The Hall–Kier alpha value is -0.970. The molecule has 0 bridgehead atoms. The normalized spacial score (nSPS) is 22.8. The summed E-state index contributed by atoms with van der Waals surface area (Å²) in [6.45, 7) is 2.64. The van der Waals surface area contributed by atoms with Crippen LogP contribution in [0.25, 0.3) is 0 Å². The Balaban J connectivity index is 0.00000312. The van der Waals surface area contributed by atoms with Gasteiger partial charge in [-0.25, -0.2) is 0 Å². The third kappa shape index (κ3) is 7.04. The first kappa shape index (κ1) is 22.1. The molecule has 25 heavy (non-hydrogen) atoms. The van der Waals surface area contributed by atoms with Crippen molar-refractivity contribution >= 4 is 29.9 Å². The van der Waals surface area contributed by atoms with Crippen LogP contribution < -0.4 is 10.6 Å². The second kappa shape index (κ2) is 10.2. The number of nitrogens with one attached hydrogen (secondary N) is 2. The SMILES string of the molecule is CCNC(=NCC(O)c1ccco1)NC1CCC(C(F)(F)F)CC1.I. The van der Waals surface area contributed by atoms with Crippen molar-refractivity contribution in [1.29, 1.82) is 0 Å². The molecule has 144 valence electrons. The summed E-state index contributed by atoms with van der Waals surface area (Å²) >= 11 is 0. The maximum atomic E-state index is 12.7. The van der Waals surface area contributed by atoms with E-state index < -0.39 is 18.2 Å². The molecule has 0 aromatic carbocycles. The van der Waals surface area contributed by atoms with E-state index in [1.807, 2.05) is 6.92 Å². The number of guanidine groups is 1. The summed E-state index contributed by atoms with van der Waals surface area (Å²) in [6, 6.07) is 3.31. The van der Waals surface area contributed by atoms with Gasteiger partial charge in [-0.3, -0.25) is 4.99 Å². The van der Waals surface area contributed by atoms with Gasteiger partial charge in [-0.05, 0) is 44.7 Å². The van der Waals surface area contributed by atoms with Gasteiger partial charge in [-0.2, -0.15) is 13.2 Å². The van der Waals surface area contributed by atoms with Crippen molar-refractivity contribution in [2.24, 2.45) is 10.9 Å². The average Bonchev–Trinajstić information content (AvgIpc) is 3.06. The van der Waals surface area contributed by atoms with Crippen LogP contribution in [0.15, 0.2) is 27.8 Å². The quantitative estimate of drug-likeness (QED) is 0.346. The van der Waals surface area contributed by atoms with Crippen molar-refractivity contribution in [3.63, 3.8) is 0 Å². The zero-order valence-corrected chi connectivity index (χ0v) is 16.4. The number of halogens is 4. The Labute approximate surface area is 162 Å². The molecular weight excluding hydrogens is 450 g/mol. The third-order valence-electron chi connectivity index (χ3n) is 4.17. The smallest absolute Gasteiger partial charge is 0.391 e. The Bertz CT molecular complexity index is 515. The zero-order chi connectivity index (χ0) is 17.6. The standard InChI is InChI=1S/C16H24F3N3O2.HI/c1-2-20-15(21-10-13(23)14-4-3-9-24-14)22-12-7-5-11(6-8-12)16(17,18)19;/h3-4,9,11-13,23H,2,5-8,10H2,1H3,(H2,20,21,22);1H. The maximum Gasteiger partial charge on any atom is 0.391 e. The lowest BCUT2D eigenvalue weighted by Crippen LogP contribution is -2.46. The van der Waals surface area contributed by atoms with Crippen LogP contribution in [0.5, 0.6) is 0 Å². The minimum atomic E-state index is -4.10. The van der Waals surface area contributed by atoms with Crippen LogP contribution in [0, 0.1) is 5.92 Å². The molecule has 0 aliphatic heterocycles. The number of nitrogens with zero attached hydrogens (tertiary/aromatic N) is 1. The monoisotopic (exact) mass is 475 g/mol. The lowest BCUT2D eigenvalue weighted by atomic mass is 9.85. The molecule has 1 saturated carbocycles. The number of alkyl halides is 3. The second-order valence-electron chi connectivity index (χ2n) is 5.99. The predicted octanol–water partition coefficient (Wildman–Crippen LogP) is 3.61. The minimum absolute atomic E-state index is 0. The van der Waals surface area contributed by atoms with Crippen molar-refractivity contribution in [1.82, 2.24) is 10.6 Å². The van der Waals surface area contributed by atoms with Gasteiger partial charge in [0.05, 0.1) is 18.7 Å². The summed E-state index contributed by atoms with van der Waals surface area (Å²) in [5.41, 5.74) is 0. The van der Waals surface area contributed by atoms with Crippen molar-refractivity contribution in [3.8, 4) is 0 Å². The van der Waals surface area contributed by atoms with Crippen LogP contribution >= 0.6 is 24.0 Å². The highest BCUT2D eigenvalue weighted by Crippen LogP contribution is 2.37. The molecule has 1 aromatic heterocycles. The van der Waals surface area contributed by atoms with Gasteiger partial charge < -0.3 is 20.2 Å². The number of aliphatic hydroxyl groups is 1. The predicted molar refractivity (Wildman–Crippen MR) is 100.0 cm³/mol. The van der Waals surface area contributed by atoms with Gasteiger partial charge in [-0.1, -0.05) is 0 Å². The Morgan fingerprint density at radius 3 is 2.56 bits per heavy atom. The molecule has 1 aliphatic rings. The summed E-state index contributed by atoms with van der Waals surface area (Å²) < 4.78 is 43.2. The zero-order valence-electron chi connectivity index (χ0n) is 14.1. The molecule has 9 heteroatoms. The molecule has 5 nitrogen and oxygen atoms in total. The number of hydrogen-bond acceptors (Lipinski definition) is 3. The van der Waals surface area contributed by atoms with E-state index in [9.17, 15) is 18.3 Å². The highest BCUT2D eigenvalue weighted by Gasteiger charge is 2.41. The minimum Gasteiger partial charge on any atom is -0.467 e. The van der Waals surface area contributed by atoms with Crippen LogP contribution in [0.4, 0.5) is 13.2 Å². The van der Waals surface area contributed by atoms with Crippen LogP contribution in [-0.2, 0) is 0 Å². The molecule has 0 radical (unpaired) electrons. The van der Waals surface area contributed by atoms with Crippen molar-refractivity contribution in [2.45, 2.75) is 50.9 Å². The molecular formula is C16H25F3IN3O2. The Kier molecular flexibility index (Phi) is 9.04. The van der Waals surface area contributed by atoms with Crippen molar-refractivity contribution in [2.75, 3.05) is 13.1 Å². The number of aliphatic hydroxyl groups excluding tert-OH is 1. The molecule has 1 atom stereocenters. The fraction of sp³-hybridized carbons (Fsp3) is 0.688. The van der Waals surface area contributed by atoms with E-state index in [-0.39, 0.29) is 49.4 Å². The molecule has 1 unspecified atom stereocenters. The summed E-state index contributed by atoms with van der Waals surface area (Å²) in [6.07, 6.45) is -2.30. The fourth-order valence-corrected chi connectivity index (χ4v) is 2.83.